The van der Waals surface area contributed by atoms with Crippen LogP contribution in [-0.2, 0) is 19.6 Å². The molecule has 1 saturated heterocycles. The van der Waals surface area contributed by atoms with Gasteiger partial charge in [-0.2, -0.15) is 0 Å². The fourth-order valence-corrected chi connectivity index (χ4v) is 4.15. The minimum absolute atomic E-state index is 0.147. The van der Waals surface area contributed by atoms with Gasteiger partial charge in [0.1, 0.15) is 6.54 Å². The Labute approximate surface area is 162 Å². The fourth-order valence-electron chi connectivity index (χ4n) is 3.21. The van der Waals surface area contributed by atoms with Crippen LogP contribution in [0.15, 0.2) is 18.2 Å². The quantitative estimate of drug-likeness (QED) is 0.716. The van der Waals surface area contributed by atoms with Gasteiger partial charge in [-0.1, -0.05) is 32.0 Å². The number of carbonyl (C=O) groups excluding carboxylic acids is 1. The molecular formula is C19H31N3O4S. The minimum atomic E-state index is -3.59. The van der Waals surface area contributed by atoms with Gasteiger partial charge in [0.05, 0.1) is 25.2 Å². The SMILES string of the molecule is Cc1cccc(C(C)C)c1N(CC(=O)NCCN1CCOCC1)S(C)(=O)=O. The number of hydrogen-bond donors (Lipinski definition) is 1. The number of nitrogens with one attached hydrogen (secondary N) is 1. The van der Waals surface area contributed by atoms with Crippen LogP contribution in [0.5, 0.6) is 0 Å². The number of rotatable bonds is 8. The van der Waals surface area contributed by atoms with Crippen molar-refractivity contribution in [3.63, 3.8) is 0 Å². The Hall–Kier alpha value is -1.64. The van der Waals surface area contributed by atoms with E-state index in [0.717, 1.165) is 37.0 Å². The normalized spacial score (nSPS) is 15.7. The van der Waals surface area contributed by atoms with Gasteiger partial charge >= 0.3 is 0 Å². The highest BCUT2D eigenvalue weighted by Gasteiger charge is 2.25. The molecule has 1 N–H and O–H groups in total. The van der Waals surface area contributed by atoms with Crippen LogP contribution in [0.1, 0.15) is 30.9 Å². The van der Waals surface area contributed by atoms with Crippen molar-refractivity contribution in [2.45, 2.75) is 26.7 Å². The van der Waals surface area contributed by atoms with Gasteiger partial charge in [-0.25, -0.2) is 8.42 Å². The summed E-state index contributed by atoms with van der Waals surface area (Å²) in [4.78, 5) is 14.7. The number of para-hydroxylation sites is 1. The van der Waals surface area contributed by atoms with Gasteiger partial charge in [0.25, 0.3) is 0 Å². The lowest BCUT2D eigenvalue weighted by Gasteiger charge is -2.28. The molecule has 0 spiro atoms. The van der Waals surface area contributed by atoms with E-state index in [1.165, 1.54) is 4.31 Å². The maximum absolute atomic E-state index is 12.4. The van der Waals surface area contributed by atoms with Crippen molar-refractivity contribution >= 4 is 21.6 Å². The lowest BCUT2D eigenvalue weighted by molar-refractivity contribution is -0.119. The van der Waals surface area contributed by atoms with E-state index < -0.39 is 10.0 Å². The molecule has 0 aliphatic carbocycles. The Morgan fingerprint density at radius 3 is 2.56 bits per heavy atom. The second-order valence-electron chi connectivity index (χ2n) is 7.24. The number of hydrogen-bond acceptors (Lipinski definition) is 5. The first-order valence-electron chi connectivity index (χ1n) is 9.34. The number of morpholine rings is 1. The zero-order valence-electron chi connectivity index (χ0n) is 16.7. The second kappa shape index (κ2) is 9.52. The van der Waals surface area contributed by atoms with Gasteiger partial charge in [0.2, 0.25) is 15.9 Å². The van der Waals surface area contributed by atoms with Gasteiger partial charge in [0, 0.05) is 26.2 Å². The molecule has 152 valence electrons. The van der Waals surface area contributed by atoms with Gasteiger partial charge in [0.15, 0.2) is 0 Å². The van der Waals surface area contributed by atoms with Crippen LogP contribution >= 0.6 is 0 Å². The summed E-state index contributed by atoms with van der Waals surface area (Å²) < 4.78 is 31.4. The molecular weight excluding hydrogens is 366 g/mol. The van der Waals surface area contributed by atoms with E-state index in [2.05, 4.69) is 10.2 Å². The van der Waals surface area contributed by atoms with Crippen molar-refractivity contribution in [1.82, 2.24) is 10.2 Å². The van der Waals surface area contributed by atoms with Crippen molar-refractivity contribution in [2.75, 3.05) is 56.5 Å². The number of benzene rings is 1. The molecule has 1 amide bonds. The summed E-state index contributed by atoms with van der Waals surface area (Å²) in [6.45, 7) is 10.0. The Morgan fingerprint density at radius 2 is 1.96 bits per heavy atom. The molecule has 7 nitrogen and oxygen atoms in total. The smallest absolute Gasteiger partial charge is 0.240 e. The summed E-state index contributed by atoms with van der Waals surface area (Å²) in [6, 6.07) is 5.70. The molecule has 0 radical (unpaired) electrons. The Morgan fingerprint density at radius 1 is 1.30 bits per heavy atom. The Kier molecular flexibility index (Phi) is 7.64. The van der Waals surface area contributed by atoms with Gasteiger partial charge in [-0.15, -0.1) is 0 Å². The lowest BCUT2D eigenvalue weighted by atomic mass is 9.98. The third-order valence-corrected chi connectivity index (χ3v) is 5.79. The van der Waals surface area contributed by atoms with Crippen LogP contribution in [0.2, 0.25) is 0 Å². The van der Waals surface area contributed by atoms with E-state index >= 15 is 0 Å². The molecule has 0 bridgehead atoms. The first-order valence-corrected chi connectivity index (χ1v) is 11.2. The molecule has 1 fully saturated rings. The van der Waals surface area contributed by atoms with E-state index in [1.54, 1.807) is 0 Å². The zero-order chi connectivity index (χ0) is 20.0. The van der Waals surface area contributed by atoms with Crippen molar-refractivity contribution in [3.8, 4) is 0 Å². The number of anilines is 1. The minimum Gasteiger partial charge on any atom is -0.379 e. The van der Waals surface area contributed by atoms with Crippen molar-refractivity contribution in [3.05, 3.63) is 29.3 Å². The Balaban J connectivity index is 2.08. The van der Waals surface area contributed by atoms with Crippen molar-refractivity contribution in [2.24, 2.45) is 0 Å². The van der Waals surface area contributed by atoms with Gasteiger partial charge in [-0.3, -0.25) is 14.0 Å². The molecule has 1 aromatic rings. The van der Waals surface area contributed by atoms with Crippen molar-refractivity contribution < 1.29 is 17.9 Å². The summed E-state index contributed by atoms with van der Waals surface area (Å²) in [5.74, 6) is -0.153. The molecule has 1 aromatic carbocycles. The van der Waals surface area contributed by atoms with Crippen molar-refractivity contribution in [1.29, 1.82) is 0 Å². The summed E-state index contributed by atoms with van der Waals surface area (Å²) >= 11 is 0. The highest BCUT2D eigenvalue weighted by atomic mass is 32.2. The maximum atomic E-state index is 12.4. The fraction of sp³-hybridized carbons (Fsp3) is 0.632. The number of nitrogens with zero attached hydrogens (tertiary/aromatic N) is 2. The standard InChI is InChI=1S/C19H31N3O4S/c1-15(2)17-7-5-6-16(3)19(17)22(27(4,24)25)14-18(23)20-8-9-21-10-12-26-13-11-21/h5-7,15H,8-14H2,1-4H3,(H,20,23). The van der Waals surface area contributed by atoms with E-state index in [-0.39, 0.29) is 18.4 Å². The van der Waals surface area contributed by atoms with Crippen LogP contribution in [0.4, 0.5) is 5.69 Å². The van der Waals surface area contributed by atoms with Crippen LogP contribution in [0.25, 0.3) is 0 Å². The van der Waals surface area contributed by atoms with Crippen LogP contribution in [-0.4, -0.2) is 71.4 Å². The molecule has 2 rings (SSSR count). The average molecular weight is 398 g/mol. The topological polar surface area (TPSA) is 79.0 Å². The third kappa shape index (κ3) is 6.19. The molecule has 0 saturated carbocycles. The third-order valence-electron chi connectivity index (χ3n) is 4.68. The molecule has 0 atom stereocenters. The zero-order valence-corrected chi connectivity index (χ0v) is 17.5. The average Bonchev–Trinajstić information content (AvgIpc) is 2.60. The molecule has 0 unspecified atom stereocenters. The van der Waals surface area contributed by atoms with E-state index in [0.29, 0.717) is 25.4 Å². The van der Waals surface area contributed by atoms with E-state index in [1.807, 2.05) is 39.0 Å². The van der Waals surface area contributed by atoms with Crippen LogP contribution in [0, 0.1) is 6.92 Å². The highest BCUT2D eigenvalue weighted by Crippen LogP contribution is 2.32. The summed E-state index contributed by atoms with van der Waals surface area (Å²) in [5.41, 5.74) is 2.37. The molecule has 27 heavy (non-hydrogen) atoms. The number of ether oxygens (including phenoxy) is 1. The summed E-state index contributed by atoms with van der Waals surface area (Å²) in [7, 11) is -3.59. The van der Waals surface area contributed by atoms with Crippen LogP contribution in [0.3, 0.4) is 0 Å². The molecule has 0 aromatic heterocycles. The number of carbonyl (C=O) groups is 1. The van der Waals surface area contributed by atoms with Crippen LogP contribution < -0.4 is 9.62 Å². The first-order chi connectivity index (χ1) is 12.7. The highest BCUT2D eigenvalue weighted by molar-refractivity contribution is 7.92. The Bertz CT molecular complexity index is 743. The predicted octanol–water partition coefficient (Wildman–Crippen LogP) is 1.33. The number of amides is 1. The molecule has 1 aliphatic heterocycles. The van der Waals surface area contributed by atoms with Gasteiger partial charge in [-0.05, 0) is 24.0 Å². The van der Waals surface area contributed by atoms with E-state index in [9.17, 15) is 13.2 Å². The maximum Gasteiger partial charge on any atom is 0.240 e. The van der Waals surface area contributed by atoms with E-state index in [4.69, 9.17) is 4.74 Å². The first kappa shape index (κ1) is 21.7. The second-order valence-corrected chi connectivity index (χ2v) is 9.15. The number of aryl methyl sites for hydroxylation is 1. The predicted molar refractivity (Wildman–Crippen MR) is 108 cm³/mol. The number of sulfonamides is 1. The molecule has 8 heteroatoms. The lowest BCUT2D eigenvalue weighted by Crippen LogP contribution is -2.45. The van der Waals surface area contributed by atoms with Gasteiger partial charge < -0.3 is 10.1 Å². The monoisotopic (exact) mass is 397 g/mol. The molecule has 1 heterocycles. The molecule has 1 aliphatic rings. The summed E-state index contributed by atoms with van der Waals surface area (Å²) in [5, 5.41) is 2.84. The largest absolute Gasteiger partial charge is 0.379 e. The summed E-state index contributed by atoms with van der Waals surface area (Å²) in [6.07, 6.45) is 1.14.